The van der Waals surface area contributed by atoms with E-state index < -0.39 is 11.7 Å². The first-order valence-corrected chi connectivity index (χ1v) is 9.79. The van der Waals surface area contributed by atoms with Crippen molar-refractivity contribution in [3.05, 3.63) is 64.7 Å². The van der Waals surface area contributed by atoms with Gasteiger partial charge in [0.05, 0.1) is 17.7 Å². The second-order valence-electron chi connectivity index (χ2n) is 6.49. The Bertz CT molecular complexity index is 1070. The van der Waals surface area contributed by atoms with Crippen LogP contribution < -0.4 is 20.1 Å². The van der Waals surface area contributed by atoms with Gasteiger partial charge in [0.1, 0.15) is 0 Å². The van der Waals surface area contributed by atoms with E-state index in [0.29, 0.717) is 28.9 Å². The largest absolute Gasteiger partial charge is 0.454 e. The van der Waals surface area contributed by atoms with Gasteiger partial charge in [0.15, 0.2) is 16.6 Å². The molecule has 0 saturated heterocycles. The topological polar surface area (TPSA) is 72.5 Å². The highest BCUT2D eigenvalue weighted by atomic mass is 32.1. The molecule has 0 fully saturated rings. The van der Waals surface area contributed by atoms with Gasteiger partial charge >= 0.3 is 6.18 Å². The van der Waals surface area contributed by atoms with E-state index in [1.165, 1.54) is 23.5 Å². The van der Waals surface area contributed by atoms with Crippen LogP contribution in [0.5, 0.6) is 11.5 Å². The standard InChI is InChI=1S/C20H16F3N3O3S/c21-20(22,23)13-2-1-3-14(7-13)25-19-26-15(10-30-19)8-18(27)24-9-12-4-5-16-17(6-12)29-11-28-16/h1-7,10H,8-9,11H2,(H,24,27)(H,25,26). The lowest BCUT2D eigenvalue weighted by Gasteiger charge is -2.09. The van der Waals surface area contributed by atoms with Crippen LogP contribution in [0.4, 0.5) is 24.0 Å². The number of thiazole rings is 1. The summed E-state index contributed by atoms with van der Waals surface area (Å²) in [5.41, 5.74) is 0.931. The van der Waals surface area contributed by atoms with Crippen molar-refractivity contribution in [3.8, 4) is 11.5 Å². The minimum absolute atomic E-state index is 0.0608. The summed E-state index contributed by atoms with van der Waals surface area (Å²) in [6, 6.07) is 10.3. The van der Waals surface area contributed by atoms with Crippen molar-refractivity contribution in [2.24, 2.45) is 0 Å². The van der Waals surface area contributed by atoms with Crippen LogP contribution in [0.2, 0.25) is 0 Å². The number of hydrogen-bond donors (Lipinski definition) is 2. The zero-order valence-electron chi connectivity index (χ0n) is 15.5. The number of carbonyl (C=O) groups excluding carboxylic acids is 1. The third-order valence-electron chi connectivity index (χ3n) is 4.26. The molecule has 0 saturated carbocycles. The van der Waals surface area contributed by atoms with Gasteiger partial charge < -0.3 is 20.1 Å². The fourth-order valence-electron chi connectivity index (χ4n) is 2.82. The van der Waals surface area contributed by atoms with Crippen molar-refractivity contribution in [2.75, 3.05) is 12.1 Å². The number of aromatic nitrogens is 1. The Labute approximate surface area is 173 Å². The van der Waals surface area contributed by atoms with Crippen molar-refractivity contribution in [1.82, 2.24) is 10.3 Å². The Morgan fingerprint density at radius 3 is 2.80 bits per heavy atom. The zero-order chi connectivity index (χ0) is 21.1. The molecule has 1 aliphatic heterocycles. The Hall–Kier alpha value is -3.27. The summed E-state index contributed by atoms with van der Waals surface area (Å²) in [7, 11) is 0. The van der Waals surface area contributed by atoms with E-state index in [1.807, 2.05) is 12.1 Å². The summed E-state index contributed by atoms with van der Waals surface area (Å²) in [6.07, 6.45) is -4.35. The van der Waals surface area contributed by atoms with Crippen LogP contribution in [0.3, 0.4) is 0 Å². The highest BCUT2D eigenvalue weighted by Gasteiger charge is 2.30. The minimum atomic E-state index is -4.41. The molecule has 3 aromatic rings. The first kappa shape index (κ1) is 20.0. The number of amides is 1. The van der Waals surface area contributed by atoms with Crippen LogP contribution in [0.15, 0.2) is 47.8 Å². The highest BCUT2D eigenvalue weighted by molar-refractivity contribution is 7.13. The van der Waals surface area contributed by atoms with E-state index >= 15 is 0 Å². The Morgan fingerprint density at radius 1 is 1.13 bits per heavy atom. The van der Waals surface area contributed by atoms with E-state index in [4.69, 9.17) is 9.47 Å². The van der Waals surface area contributed by atoms with Crippen LogP contribution in [-0.2, 0) is 23.9 Å². The van der Waals surface area contributed by atoms with Crippen LogP contribution in [-0.4, -0.2) is 17.7 Å². The molecule has 1 amide bonds. The number of carbonyl (C=O) groups is 1. The molecule has 0 atom stereocenters. The summed E-state index contributed by atoms with van der Waals surface area (Å²) >= 11 is 1.21. The summed E-state index contributed by atoms with van der Waals surface area (Å²) in [4.78, 5) is 16.5. The molecule has 0 radical (unpaired) electrons. The lowest BCUT2D eigenvalue weighted by Crippen LogP contribution is -2.24. The molecular formula is C20H16F3N3O3S. The van der Waals surface area contributed by atoms with Gasteiger partial charge in [0.25, 0.3) is 0 Å². The van der Waals surface area contributed by atoms with Crippen LogP contribution in [0.1, 0.15) is 16.8 Å². The summed E-state index contributed by atoms with van der Waals surface area (Å²) in [5.74, 6) is 1.10. The van der Waals surface area contributed by atoms with Gasteiger partial charge in [0, 0.05) is 17.6 Å². The second kappa shape index (κ2) is 8.23. The Kier molecular flexibility index (Phi) is 5.49. The summed E-state index contributed by atoms with van der Waals surface area (Å²) in [6.45, 7) is 0.515. The number of alkyl halides is 3. The molecule has 10 heteroatoms. The van der Waals surface area contributed by atoms with Crippen molar-refractivity contribution in [2.45, 2.75) is 19.1 Å². The van der Waals surface area contributed by atoms with E-state index in [2.05, 4.69) is 15.6 Å². The molecule has 1 aliphatic rings. The number of rotatable bonds is 6. The SMILES string of the molecule is O=C(Cc1csc(Nc2cccc(C(F)(F)F)c2)n1)NCc1ccc2c(c1)OCO2. The predicted molar refractivity (Wildman–Crippen MR) is 105 cm³/mol. The fraction of sp³-hybridized carbons (Fsp3) is 0.200. The molecule has 2 aromatic carbocycles. The van der Waals surface area contributed by atoms with Gasteiger partial charge in [-0.3, -0.25) is 4.79 Å². The van der Waals surface area contributed by atoms with Crippen LogP contribution >= 0.6 is 11.3 Å². The summed E-state index contributed by atoms with van der Waals surface area (Å²) < 4.78 is 49.0. The van der Waals surface area contributed by atoms with Crippen molar-refractivity contribution < 1.29 is 27.4 Å². The number of hydrogen-bond acceptors (Lipinski definition) is 6. The van der Waals surface area contributed by atoms with Crippen molar-refractivity contribution >= 4 is 28.1 Å². The van der Waals surface area contributed by atoms with E-state index in [-0.39, 0.29) is 24.8 Å². The molecule has 30 heavy (non-hydrogen) atoms. The molecule has 156 valence electrons. The fourth-order valence-corrected chi connectivity index (χ4v) is 3.55. The number of halogens is 3. The average Bonchev–Trinajstić information content (AvgIpc) is 3.35. The number of anilines is 2. The predicted octanol–water partition coefficient (Wildman–Crippen LogP) is 4.49. The molecule has 2 heterocycles. The molecular weight excluding hydrogens is 419 g/mol. The van der Waals surface area contributed by atoms with Gasteiger partial charge in [-0.2, -0.15) is 13.2 Å². The first-order valence-electron chi connectivity index (χ1n) is 8.91. The van der Waals surface area contributed by atoms with E-state index in [1.54, 1.807) is 11.4 Å². The van der Waals surface area contributed by atoms with Crippen LogP contribution in [0, 0.1) is 0 Å². The minimum Gasteiger partial charge on any atom is -0.454 e. The summed E-state index contributed by atoms with van der Waals surface area (Å²) in [5, 5.41) is 7.75. The molecule has 6 nitrogen and oxygen atoms in total. The zero-order valence-corrected chi connectivity index (χ0v) is 16.3. The van der Waals surface area contributed by atoms with Gasteiger partial charge in [-0.25, -0.2) is 4.98 Å². The number of nitrogens with one attached hydrogen (secondary N) is 2. The van der Waals surface area contributed by atoms with Gasteiger partial charge in [0.2, 0.25) is 12.7 Å². The maximum Gasteiger partial charge on any atom is 0.416 e. The Balaban J connectivity index is 1.31. The second-order valence-corrected chi connectivity index (χ2v) is 7.35. The van der Waals surface area contributed by atoms with Gasteiger partial charge in [-0.15, -0.1) is 11.3 Å². The Morgan fingerprint density at radius 2 is 1.97 bits per heavy atom. The molecule has 1 aromatic heterocycles. The maximum absolute atomic E-state index is 12.8. The third kappa shape index (κ3) is 4.82. The quantitative estimate of drug-likeness (QED) is 0.597. The lowest BCUT2D eigenvalue weighted by molar-refractivity contribution is -0.137. The normalized spacial score (nSPS) is 12.6. The van der Waals surface area contributed by atoms with Gasteiger partial charge in [-0.05, 0) is 35.9 Å². The van der Waals surface area contributed by atoms with Gasteiger partial charge in [-0.1, -0.05) is 12.1 Å². The molecule has 4 rings (SSSR count). The smallest absolute Gasteiger partial charge is 0.416 e. The number of fused-ring (bicyclic) bond motifs is 1. The van der Waals surface area contributed by atoms with E-state index in [0.717, 1.165) is 17.7 Å². The van der Waals surface area contributed by atoms with Crippen molar-refractivity contribution in [1.29, 1.82) is 0 Å². The van der Waals surface area contributed by atoms with Crippen LogP contribution in [0.25, 0.3) is 0 Å². The number of benzene rings is 2. The van der Waals surface area contributed by atoms with Crippen molar-refractivity contribution in [3.63, 3.8) is 0 Å². The van der Waals surface area contributed by atoms with E-state index in [9.17, 15) is 18.0 Å². The first-order chi connectivity index (χ1) is 14.4. The third-order valence-corrected chi connectivity index (χ3v) is 5.07. The molecule has 2 N–H and O–H groups in total. The average molecular weight is 435 g/mol. The monoisotopic (exact) mass is 435 g/mol. The maximum atomic E-state index is 12.8. The number of ether oxygens (including phenoxy) is 2. The molecule has 0 spiro atoms. The number of nitrogens with zero attached hydrogens (tertiary/aromatic N) is 1. The molecule has 0 unspecified atom stereocenters. The molecule has 0 bridgehead atoms. The highest BCUT2D eigenvalue weighted by Crippen LogP contribution is 2.33. The molecule has 0 aliphatic carbocycles. The lowest BCUT2D eigenvalue weighted by atomic mass is 10.2.